The number of benzene rings is 1. The largest absolute Gasteiger partial charge is 0.451 e. The Kier molecular flexibility index (Phi) is 5.13. The Labute approximate surface area is 165 Å². The van der Waals surface area contributed by atoms with Crippen LogP contribution in [0.5, 0.6) is 0 Å². The van der Waals surface area contributed by atoms with Crippen LogP contribution < -0.4 is 10.6 Å². The summed E-state index contributed by atoms with van der Waals surface area (Å²) in [5.74, 6) is 1.02. The molecule has 5 rings (SSSR count). The average molecular weight is 384 g/mol. The molecular weight excluding hydrogens is 356 g/mol. The molecule has 4 aliphatic rings. The Morgan fingerprint density at radius 2 is 1.61 bits per heavy atom. The van der Waals surface area contributed by atoms with Gasteiger partial charge >= 0.3 is 5.97 Å². The summed E-state index contributed by atoms with van der Waals surface area (Å²) in [6, 6.07) is 9.00. The van der Waals surface area contributed by atoms with Crippen LogP contribution in [0.1, 0.15) is 45.4 Å². The fourth-order valence-corrected chi connectivity index (χ4v) is 5.79. The van der Waals surface area contributed by atoms with Crippen LogP contribution in [-0.4, -0.2) is 30.4 Å². The van der Waals surface area contributed by atoms with Crippen molar-refractivity contribution in [2.75, 3.05) is 11.9 Å². The molecule has 1 atom stereocenters. The highest BCUT2D eigenvalue weighted by molar-refractivity contribution is 5.95. The van der Waals surface area contributed by atoms with Gasteiger partial charge in [-0.1, -0.05) is 18.2 Å². The number of amides is 2. The summed E-state index contributed by atoms with van der Waals surface area (Å²) in [6.45, 7) is 1.33. The van der Waals surface area contributed by atoms with Gasteiger partial charge < -0.3 is 15.4 Å². The minimum atomic E-state index is -0.927. The van der Waals surface area contributed by atoms with Crippen LogP contribution in [0.3, 0.4) is 0 Å². The third-order valence-electron chi connectivity index (χ3n) is 6.63. The van der Waals surface area contributed by atoms with Crippen LogP contribution in [0.15, 0.2) is 30.3 Å². The Morgan fingerprint density at radius 1 is 1.04 bits per heavy atom. The highest BCUT2D eigenvalue weighted by Crippen LogP contribution is 2.60. The molecule has 0 radical (unpaired) electrons. The maximum atomic E-state index is 12.9. The third kappa shape index (κ3) is 3.91. The molecule has 2 N–H and O–H groups in total. The average Bonchev–Trinajstić information content (AvgIpc) is 2.65. The standard InChI is InChI=1S/C22H28N2O4/c1-14(20(26)24-18-5-3-2-4-6-18)28-19(25)13-23-21(27)22-10-15-7-16(11-22)9-17(8-15)12-22/h2-6,14-17H,7-13H2,1H3,(H,23,27)(H,24,26)/t14-,15?,16?,17?,22?/m1/s1. The van der Waals surface area contributed by atoms with E-state index in [0.29, 0.717) is 23.4 Å². The topological polar surface area (TPSA) is 84.5 Å². The number of esters is 1. The van der Waals surface area contributed by atoms with Gasteiger partial charge in [-0.2, -0.15) is 0 Å². The first kappa shape index (κ1) is 19.0. The number of carbonyl (C=O) groups excluding carboxylic acids is 3. The molecule has 4 saturated carbocycles. The molecule has 4 bridgehead atoms. The lowest BCUT2D eigenvalue weighted by atomic mass is 9.49. The van der Waals surface area contributed by atoms with Crippen molar-refractivity contribution >= 4 is 23.5 Å². The van der Waals surface area contributed by atoms with E-state index in [0.717, 1.165) is 19.3 Å². The van der Waals surface area contributed by atoms with Crippen molar-refractivity contribution in [3.63, 3.8) is 0 Å². The van der Waals surface area contributed by atoms with Crippen LogP contribution in [0.2, 0.25) is 0 Å². The van der Waals surface area contributed by atoms with E-state index in [1.165, 1.54) is 26.2 Å². The molecule has 4 aliphatic carbocycles. The second kappa shape index (κ2) is 7.57. The molecular formula is C22H28N2O4. The molecule has 0 spiro atoms. The molecule has 0 unspecified atom stereocenters. The van der Waals surface area contributed by atoms with Crippen molar-refractivity contribution in [2.45, 2.75) is 51.6 Å². The van der Waals surface area contributed by atoms with Crippen molar-refractivity contribution in [1.82, 2.24) is 5.32 Å². The van der Waals surface area contributed by atoms with Crippen LogP contribution in [0.4, 0.5) is 5.69 Å². The molecule has 150 valence electrons. The van der Waals surface area contributed by atoms with Crippen molar-refractivity contribution in [3.8, 4) is 0 Å². The minimum absolute atomic E-state index is 0.00931. The molecule has 2 amide bonds. The van der Waals surface area contributed by atoms with Gasteiger partial charge in [0, 0.05) is 11.1 Å². The van der Waals surface area contributed by atoms with Gasteiger partial charge in [0.25, 0.3) is 5.91 Å². The highest BCUT2D eigenvalue weighted by atomic mass is 16.5. The second-order valence-corrected chi connectivity index (χ2v) is 8.87. The number of nitrogens with one attached hydrogen (secondary N) is 2. The van der Waals surface area contributed by atoms with Gasteiger partial charge in [0.2, 0.25) is 5.91 Å². The predicted octanol–water partition coefficient (Wildman–Crippen LogP) is 2.89. The van der Waals surface area contributed by atoms with Gasteiger partial charge in [-0.25, -0.2) is 0 Å². The summed E-state index contributed by atoms with van der Waals surface area (Å²) in [5.41, 5.74) is 0.358. The van der Waals surface area contributed by atoms with E-state index in [1.54, 1.807) is 12.1 Å². The number of para-hydroxylation sites is 1. The molecule has 0 saturated heterocycles. The molecule has 0 aliphatic heterocycles. The van der Waals surface area contributed by atoms with E-state index in [9.17, 15) is 14.4 Å². The molecule has 6 heteroatoms. The van der Waals surface area contributed by atoms with Gasteiger partial charge in [-0.15, -0.1) is 0 Å². The van der Waals surface area contributed by atoms with Crippen LogP contribution >= 0.6 is 0 Å². The van der Waals surface area contributed by atoms with Gasteiger partial charge in [0.05, 0.1) is 0 Å². The lowest BCUT2D eigenvalue weighted by Crippen LogP contribution is -2.54. The SMILES string of the molecule is C[C@@H](OC(=O)CNC(=O)C12CC3CC(CC(C3)C1)C2)C(=O)Nc1ccccc1. The summed E-state index contributed by atoms with van der Waals surface area (Å²) in [6.07, 6.45) is 5.74. The van der Waals surface area contributed by atoms with Crippen LogP contribution in [-0.2, 0) is 19.1 Å². The Bertz CT molecular complexity index is 726. The Balaban J connectivity index is 1.25. The summed E-state index contributed by atoms with van der Waals surface area (Å²) in [7, 11) is 0. The Hall–Kier alpha value is -2.37. The van der Waals surface area contributed by atoms with Crippen molar-refractivity contribution < 1.29 is 19.1 Å². The number of rotatable bonds is 6. The van der Waals surface area contributed by atoms with Crippen LogP contribution in [0, 0.1) is 23.2 Å². The second-order valence-electron chi connectivity index (χ2n) is 8.87. The van der Waals surface area contributed by atoms with E-state index >= 15 is 0 Å². The summed E-state index contributed by atoms with van der Waals surface area (Å²) < 4.78 is 5.19. The number of ether oxygens (including phenoxy) is 1. The lowest BCUT2D eigenvalue weighted by Gasteiger charge is -2.55. The van der Waals surface area contributed by atoms with E-state index in [2.05, 4.69) is 10.6 Å². The normalized spacial score (nSPS) is 31.1. The van der Waals surface area contributed by atoms with E-state index < -0.39 is 18.0 Å². The first-order chi connectivity index (χ1) is 13.4. The van der Waals surface area contributed by atoms with E-state index in [-0.39, 0.29) is 17.9 Å². The molecule has 0 heterocycles. The molecule has 4 fully saturated rings. The van der Waals surface area contributed by atoms with Gasteiger partial charge in [0.15, 0.2) is 6.10 Å². The fraction of sp³-hybridized carbons (Fsp3) is 0.591. The molecule has 6 nitrogen and oxygen atoms in total. The van der Waals surface area contributed by atoms with Crippen LogP contribution in [0.25, 0.3) is 0 Å². The number of hydrogen-bond acceptors (Lipinski definition) is 4. The number of hydrogen-bond donors (Lipinski definition) is 2. The zero-order valence-electron chi connectivity index (χ0n) is 16.3. The third-order valence-corrected chi connectivity index (χ3v) is 6.63. The molecule has 1 aromatic carbocycles. The van der Waals surface area contributed by atoms with Crippen molar-refractivity contribution in [3.05, 3.63) is 30.3 Å². The summed E-state index contributed by atoms with van der Waals surface area (Å²) in [4.78, 5) is 37.1. The summed E-state index contributed by atoms with van der Waals surface area (Å²) >= 11 is 0. The first-order valence-corrected chi connectivity index (χ1v) is 10.3. The maximum Gasteiger partial charge on any atom is 0.326 e. The Morgan fingerprint density at radius 3 is 2.18 bits per heavy atom. The van der Waals surface area contributed by atoms with E-state index in [1.807, 2.05) is 18.2 Å². The number of carbonyl (C=O) groups is 3. The molecule has 1 aromatic rings. The lowest BCUT2D eigenvalue weighted by molar-refractivity contribution is -0.155. The van der Waals surface area contributed by atoms with Crippen molar-refractivity contribution in [1.29, 1.82) is 0 Å². The predicted molar refractivity (Wildman–Crippen MR) is 104 cm³/mol. The number of anilines is 1. The van der Waals surface area contributed by atoms with Gasteiger partial charge in [0.1, 0.15) is 6.54 Å². The quantitative estimate of drug-likeness (QED) is 0.739. The zero-order chi connectivity index (χ0) is 19.7. The van der Waals surface area contributed by atoms with E-state index in [4.69, 9.17) is 4.74 Å². The monoisotopic (exact) mass is 384 g/mol. The zero-order valence-corrected chi connectivity index (χ0v) is 16.3. The van der Waals surface area contributed by atoms with Gasteiger partial charge in [-0.05, 0) is 75.3 Å². The first-order valence-electron chi connectivity index (χ1n) is 10.3. The fourth-order valence-electron chi connectivity index (χ4n) is 5.79. The van der Waals surface area contributed by atoms with Crippen molar-refractivity contribution in [2.24, 2.45) is 23.2 Å². The highest BCUT2D eigenvalue weighted by Gasteiger charge is 2.54. The smallest absolute Gasteiger partial charge is 0.326 e. The maximum absolute atomic E-state index is 12.9. The minimum Gasteiger partial charge on any atom is -0.451 e. The molecule has 28 heavy (non-hydrogen) atoms. The molecule has 0 aromatic heterocycles. The van der Waals surface area contributed by atoms with Gasteiger partial charge in [-0.3, -0.25) is 14.4 Å². The summed E-state index contributed by atoms with van der Waals surface area (Å²) in [5, 5.41) is 5.49.